The van der Waals surface area contributed by atoms with Gasteiger partial charge in [-0.3, -0.25) is 0 Å². The van der Waals surface area contributed by atoms with Crippen LogP contribution in [0.2, 0.25) is 0 Å². The van der Waals surface area contributed by atoms with Crippen molar-refractivity contribution in [3.8, 4) is 12.1 Å². The quantitative estimate of drug-likeness (QED) is 0.924. The molecule has 2 rings (SSSR count). The SMILES string of the molecule is Cc1cccc(NCc2cc(F)ccc2C#N)c1C#N. The predicted octanol–water partition coefficient (Wildman–Crippen LogP) is 3.49. The standard InChI is InChI=1S/C16H12FN3/c1-11-3-2-4-16(15(11)9-19)20-10-13-7-14(17)6-5-12(13)8-18/h2-7,20H,10H2,1H3. The van der Waals surface area contributed by atoms with E-state index in [9.17, 15) is 4.39 Å². The van der Waals surface area contributed by atoms with Crippen molar-refractivity contribution in [2.24, 2.45) is 0 Å². The number of nitriles is 2. The molecule has 3 nitrogen and oxygen atoms in total. The number of nitrogens with zero attached hydrogens (tertiary/aromatic N) is 2. The molecular weight excluding hydrogens is 253 g/mol. The third kappa shape index (κ3) is 2.76. The first-order chi connectivity index (χ1) is 9.65. The van der Waals surface area contributed by atoms with Gasteiger partial charge in [0.1, 0.15) is 11.9 Å². The van der Waals surface area contributed by atoms with Gasteiger partial charge in [0.15, 0.2) is 0 Å². The molecule has 0 amide bonds. The van der Waals surface area contributed by atoms with Gasteiger partial charge in [-0.1, -0.05) is 12.1 Å². The van der Waals surface area contributed by atoms with Crippen LogP contribution in [-0.2, 0) is 6.54 Å². The molecule has 2 aromatic carbocycles. The lowest BCUT2D eigenvalue weighted by Crippen LogP contribution is -2.04. The highest BCUT2D eigenvalue weighted by Gasteiger charge is 2.07. The third-order valence-electron chi connectivity index (χ3n) is 3.04. The van der Waals surface area contributed by atoms with Crippen LogP contribution in [-0.4, -0.2) is 0 Å². The van der Waals surface area contributed by atoms with Crippen LogP contribution in [0.25, 0.3) is 0 Å². The summed E-state index contributed by atoms with van der Waals surface area (Å²) in [5.74, 6) is -0.384. The van der Waals surface area contributed by atoms with Crippen molar-refractivity contribution >= 4 is 5.69 Å². The Hall–Kier alpha value is -2.85. The van der Waals surface area contributed by atoms with Crippen LogP contribution in [0.3, 0.4) is 0 Å². The Balaban J connectivity index is 2.27. The molecule has 0 bridgehead atoms. The zero-order valence-electron chi connectivity index (χ0n) is 10.9. The number of rotatable bonds is 3. The fraction of sp³-hybridized carbons (Fsp3) is 0.125. The van der Waals surface area contributed by atoms with E-state index in [0.29, 0.717) is 28.9 Å². The van der Waals surface area contributed by atoms with Crippen molar-refractivity contribution in [2.75, 3.05) is 5.32 Å². The van der Waals surface area contributed by atoms with Crippen LogP contribution >= 0.6 is 0 Å². The fourth-order valence-electron chi connectivity index (χ4n) is 1.97. The van der Waals surface area contributed by atoms with Crippen LogP contribution in [0.1, 0.15) is 22.3 Å². The number of anilines is 1. The minimum atomic E-state index is -0.384. The fourth-order valence-corrected chi connectivity index (χ4v) is 1.97. The van der Waals surface area contributed by atoms with Gasteiger partial charge in [0, 0.05) is 6.54 Å². The Morgan fingerprint density at radius 1 is 1.15 bits per heavy atom. The summed E-state index contributed by atoms with van der Waals surface area (Å²) in [5, 5.41) is 21.2. The van der Waals surface area contributed by atoms with Gasteiger partial charge in [0.05, 0.1) is 22.9 Å². The summed E-state index contributed by atoms with van der Waals surface area (Å²) >= 11 is 0. The van der Waals surface area contributed by atoms with Crippen molar-refractivity contribution in [2.45, 2.75) is 13.5 Å². The summed E-state index contributed by atoms with van der Waals surface area (Å²) in [7, 11) is 0. The van der Waals surface area contributed by atoms with Crippen LogP contribution in [0, 0.1) is 35.4 Å². The van der Waals surface area contributed by atoms with E-state index in [1.54, 1.807) is 6.07 Å². The number of halogens is 1. The lowest BCUT2D eigenvalue weighted by Gasteiger charge is -2.11. The summed E-state index contributed by atoms with van der Waals surface area (Å²) in [6.07, 6.45) is 0. The summed E-state index contributed by atoms with van der Waals surface area (Å²) in [4.78, 5) is 0. The number of nitrogens with one attached hydrogen (secondary N) is 1. The molecule has 0 aromatic heterocycles. The number of aryl methyl sites for hydroxylation is 1. The third-order valence-corrected chi connectivity index (χ3v) is 3.04. The molecule has 0 unspecified atom stereocenters. The molecule has 0 heterocycles. The van der Waals surface area contributed by atoms with Gasteiger partial charge >= 0.3 is 0 Å². The molecular formula is C16H12FN3. The summed E-state index contributed by atoms with van der Waals surface area (Å²) in [6, 6.07) is 13.7. The van der Waals surface area contributed by atoms with Gasteiger partial charge in [0.2, 0.25) is 0 Å². The van der Waals surface area contributed by atoms with Gasteiger partial charge in [0.25, 0.3) is 0 Å². The maximum Gasteiger partial charge on any atom is 0.123 e. The van der Waals surface area contributed by atoms with E-state index in [2.05, 4.69) is 11.4 Å². The van der Waals surface area contributed by atoms with Crippen molar-refractivity contribution in [3.05, 3.63) is 64.5 Å². The largest absolute Gasteiger partial charge is 0.380 e. The normalized spacial score (nSPS) is 9.60. The first-order valence-electron chi connectivity index (χ1n) is 6.08. The van der Waals surface area contributed by atoms with E-state index in [4.69, 9.17) is 10.5 Å². The predicted molar refractivity (Wildman–Crippen MR) is 74.3 cm³/mol. The number of benzene rings is 2. The second-order valence-electron chi connectivity index (χ2n) is 4.38. The monoisotopic (exact) mass is 265 g/mol. The lowest BCUT2D eigenvalue weighted by atomic mass is 10.1. The van der Waals surface area contributed by atoms with Crippen molar-refractivity contribution < 1.29 is 4.39 Å². The maximum atomic E-state index is 13.2. The molecule has 20 heavy (non-hydrogen) atoms. The second-order valence-corrected chi connectivity index (χ2v) is 4.38. The first kappa shape index (κ1) is 13.6. The summed E-state index contributed by atoms with van der Waals surface area (Å²) < 4.78 is 13.2. The van der Waals surface area contributed by atoms with Crippen LogP contribution in [0.5, 0.6) is 0 Å². The molecule has 0 atom stereocenters. The van der Waals surface area contributed by atoms with E-state index in [1.807, 2.05) is 25.1 Å². The minimum Gasteiger partial charge on any atom is -0.380 e. The Kier molecular flexibility index (Phi) is 3.98. The van der Waals surface area contributed by atoms with E-state index >= 15 is 0 Å². The molecule has 0 spiro atoms. The maximum absolute atomic E-state index is 13.2. The average Bonchev–Trinajstić information content (AvgIpc) is 2.45. The van der Waals surface area contributed by atoms with E-state index in [0.717, 1.165) is 5.56 Å². The van der Waals surface area contributed by atoms with Gasteiger partial charge in [-0.2, -0.15) is 10.5 Å². The van der Waals surface area contributed by atoms with Crippen LogP contribution < -0.4 is 5.32 Å². The van der Waals surface area contributed by atoms with Gasteiger partial charge in [-0.25, -0.2) is 4.39 Å². The van der Waals surface area contributed by atoms with E-state index < -0.39 is 0 Å². The summed E-state index contributed by atoms with van der Waals surface area (Å²) in [6.45, 7) is 2.14. The Labute approximate surface area is 116 Å². The Morgan fingerprint density at radius 3 is 2.65 bits per heavy atom. The average molecular weight is 265 g/mol. The molecule has 98 valence electrons. The van der Waals surface area contributed by atoms with Gasteiger partial charge in [-0.15, -0.1) is 0 Å². The highest BCUT2D eigenvalue weighted by atomic mass is 19.1. The zero-order valence-corrected chi connectivity index (χ0v) is 10.9. The molecule has 0 aliphatic carbocycles. The smallest absolute Gasteiger partial charge is 0.123 e. The molecule has 0 saturated heterocycles. The molecule has 0 aliphatic rings. The van der Waals surface area contributed by atoms with E-state index in [1.165, 1.54) is 18.2 Å². The molecule has 0 radical (unpaired) electrons. The molecule has 0 aliphatic heterocycles. The Morgan fingerprint density at radius 2 is 1.95 bits per heavy atom. The molecule has 0 fully saturated rings. The highest BCUT2D eigenvalue weighted by Crippen LogP contribution is 2.20. The van der Waals surface area contributed by atoms with Crippen LogP contribution in [0.15, 0.2) is 36.4 Å². The lowest BCUT2D eigenvalue weighted by molar-refractivity contribution is 0.625. The van der Waals surface area contributed by atoms with Crippen molar-refractivity contribution in [1.29, 1.82) is 10.5 Å². The first-order valence-corrected chi connectivity index (χ1v) is 6.08. The molecule has 0 saturated carbocycles. The number of hydrogen-bond donors (Lipinski definition) is 1. The van der Waals surface area contributed by atoms with Gasteiger partial charge < -0.3 is 5.32 Å². The molecule has 4 heteroatoms. The molecule has 2 aromatic rings. The zero-order chi connectivity index (χ0) is 14.5. The Bertz CT molecular complexity index is 721. The molecule has 1 N–H and O–H groups in total. The van der Waals surface area contributed by atoms with E-state index in [-0.39, 0.29) is 5.82 Å². The van der Waals surface area contributed by atoms with Crippen molar-refractivity contribution in [3.63, 3.8) is 0 Å². The summed E-state index contributed by atoms with van der Waals surface area (Å²) in [5.41, 5.74) is 3.10. The topological polar surface area (TPSA) is 59.6 Å². The minimum absolute atomic E-state index is 0.290. The number of hydrogen-bond acceptors (Lipinski definition) is 3. The van der Waals surface area contributed by atoms with Crippen molar-refractivity contribution in [1.82, 2.24) is 0 Å². The van der Waals surface area contributed by atoms with Crippen LogP contribution in [0.4, 0.5) is 10.1 Å². The second kappa shape index (κ2) is 5.86. The van der Waals surface area contributed by atoms with Gasteiger partial charge in [-0.05, 0) is 42.3 Å². The highest BCUT2D eigenvalue weighted by molar-refractivity contribution is 5.61.